The zero-order valence-corrected chi connectivity index (χ0v) is 16.9. The minimum atomic E-state index is -0.524. The Bertz CT molecular complexity index is 899. The number of hydrogen-bond acceptors (Lipinski definition) is 2. The van der Waals surface area contributed by atoms with Gasteiger partial charge in [0.05, 0.1) is 6.04 Å². The average Bonchev–Trinajstić information content (AvgIpc) is 2.71. The van der Waals surface area contributed by atoms with Crippen LogP contribution in [0.4, 0.5) is 0 Å². The first kappa shape index (κ1) is 19.9. The largest absolute Gasteiger partial charge is 0.480 e. The lowest BCUT2D eigenvalue weighted by Gasteiger charge is -2.25. The maximum Gasteiger partial charge on any atom is 0.261 e. The van der Waals surface area contributed by atoms with Crippen LogP contribution in [0.25, 0.3) is 10.8 Å². The Morgan fingerprint density at radius 2 is 1.61 bits per heavy atom. The summed E-state index contributed by atoms with van der Waals surface area (Å²) in [6.45, 7) is 6.33. The van der Waals surface area contributed by atoms with Crippen LogP contribution in [-0.2, 0) is 4.79 Å². The summed E-state index contributed by atoms with van der Waals surface area (Å²) in [7, 11) is 0. The summed E-state index contributed by atoms with van der Waals surface area (Å²) in [6.07, 6.45) is 0.975. The van der Waals surface area contributed by atoms with Crippen molar-refractivity contribution in [2.24, 2.45) is 5.92 Å². The van der Waals surface area contributed by atoms with Gasteiger partial charge in [0.1, 0.15) is 5.75 Å². The van der Waals surface area contributed by atoms with E-state index in [2.05, 4.69) is 43.4 Å². The smallest absolute Gasteiger partial charge is 0.261 e. The lowest BCUT2D eigenvalue weighted by Crippen LogP contribution is -2.40. The van der Waals surface area contributed by atoms with Crippen LogP contribution in [0, 0.1) is 5.92 Å². The van der Waals surface area contributed by atoms with Gasteiger partial charge in [-0.2, -0.15) is 0 Å². The van der Waals surface area contributed by atoms with Gasteiger partial charge in [0.2, 0.25) is 0 Å². The number of nitrogens with one attached hydrogen (secondary N) is 1. The molecule has 3 aromatic carbocycles. The molecule has 3 rings (SSSR count). The van der Waals surface area contributed by atoms with Crippen LogP contribution in [0.15, 0.2) is 72.8 Å². The summed E-state index contributed by atoms with van der Waals surface area (Å²) in [5, 5.41) is 5.35. The predicted molar refractivity (Wildman–Crippen MR) is 115 cm³/mol. The lowest BCUT2D eigenvalue weighted by molar-refractivity contribution is -0.129. The molecule has 0 unspecified atom stereocenters. The fraction of sp³-hybridized carbons (Fsp3) is 0.320. The second-order valence-corrected chi connectivity index (χ2v) is 7.59. The normalized spacial score (nSPS) is 13.3. The molecular weight excluding hydrogens is 346 g/mol. The van der Waals surface area contributed by atoms with Crippen molar-refractivity contribution in [2.45, 2.75) is 45.8 Å². The van der Waals surface area contributed by atoms with E-state index in [1.807, 2.05) is 55.5 Å². The summed E-state index contributed by atoms with van der Waals surface area (Å²) in [5.41, 5.74) is 1.13. The van der Waals surface area contributed by atoms with E-state index in [1.165, 1.54) is 0 Å². The molecule has 0 aliphatic rings. The van der Waals surface area contributed by atoms with E-state index in [4.69, 9.17) is 4.74 Å². The third kappa shape index (κ3) is 4.92. The van der Waals surface area contributed by atoms with E-state index in [-0.39, 0.29) is 11.9 Å². The van der Waals surface area contributed by atoms with E-state index >= 15 is 0 Å². The van der Waals surface area contributed by atoms with Crippen molar-refractivity contribution in [3.05, 3.63) is 78.4 Å². The number of carbonyl (C=O) groups is 1. The minimum absolute atomic E-state index is 0.0149. The molecule has 1 N–H and O–H groups in total. The van der Waals surface area contributed by atoms with Gasteiger partial charge < -0.3 is 10.1 Å². The van der Waals surface area contributed by atoms with Crippen LogP contribution in [0.1, 0.15) is 45.2 Å². The quantitative estimate of drug-likeness (QED) is 0.532. The van der Waals surface area contributed by atoms with E-state index in [1.54, 1.807) is 0 Å². The van der Waals surface area contributed by atoms with Crippen LogP contribution in [0.5, 0.6) is 5.75 Å². The molecule has 2 atom stereocenters. The van der Waals surface area contributed by atoms with Crippen molar-refractivity contribution in [3.63, 3.8) is 0 Å². The molecule has 1 amide bonds. The highest BCUT2D eigenvalue weighted by molar-refractivity contribution is 5.89. The number of hydrogen-bond donors (Lipinski definition) is 1. The maximum atomic E-state index is 13.0. The standard InChI is InChI=1S/C25H29NO2/c1-4-23(28-24-16-10-14-19-11-8-9-15-21(19)24)25(27)26-22(17-18(2)3)20-12-6-5-7-13-20/h5-16,18,22-23H,4,17H2,1-3H3,(H,26,27)/t22-,23+/m0/s1. The minimum Gasteiger partial charge on any atom is -0.480 e. The van der Waals surface area contributed by atoms with Gasteiger partial charge in [0.15, 0.2) is 6.10 Å². The highest BCUT2D eigenvalue weighted by Gasteiger charge is 2.23. The van der Waals surface area contributed by atoms with Crippen LogP contribution >= 0.6 is 0 Å². The van der Waals surface area contributed by atoms with Crippen molar-refractivity contribution in [3.8, 4) is 5.75 Å². The molecule has 146 valence electrons. The lowest BCUT2D eigenvalue weighted by atomic mass is 9.96. The first-order valence-electron chi connectivity index (χ1n) is 10.1. The Kier molecular flexibility index (Phi) is 6.70. The molecule has 0 fully saturated rings. The molecule has 28 heavy (non-hydrogen) atoms. The van der Waals surface area contributed by atoms with E-state index < -0.39 is 6.10 Å². The topological polar surface area (TPSA) is 38.3 Å². The number of benzene rings is 3. The zero-order valence-electron chi connectivity index (χ0n) is 16.9. The predicted octanol–water partition coefficient (Wildman–Crippen LogP) is 5.90. The summed E-state index contributed by atoms with van der Waals surface area (Å²) < 4.78 is 6.17. The van der Waals surface area contributed by atoms with Crippen molar-refractivity contribution in [1.82, 2.24) is 5.32 Å². The van der Waals surface area contributed by atoms with Crippen molar-refractivity contribution in [2.75, 3.05) is 0 Å². The molecule has 0 aliphatic heterocycles. The molecule has 0 aliphatic carbocycles. The number of amides is 1. The molecular formula is C25H29NO2. The summed E-state index contributed by atoms with van der Waals surface area (Å²) >= 11 is 0. The van der Waals surface area contributed by atoms with Gasteiger partial charge in [-0.25, -0.2) is 0 Å². The average molecular weight is 376 g/mol. The van der Waals surface area contributed by atoms with E-state index in [9.17, 15) is 4.79 Å². The fourth-order valence-electron chi connectivity index (χ4n) is 3.47. The van der Waals surface area contributed by atoms with Crippen molar-refractivity contribution in [1.29, 1.82) is 0 Å². The first-order chi connectivity index (χ1) is 13.6. The van der Waals surface area contributed by atoms with Gasteiger partial charge >= 0.3 is 0 Å². The van der Waals surface area contributed by atoms with E-state index in [0.717, 1.165) is 28.5 Å². The Balaban J connectivity index is 1.78. The first-order valence-corrected chi connectivity index (χ1v) is 10.1. The van der Waals surface area contributed by atoms with Gasteiger partial charge in [0.25, 0.3) is 5.91 Å². The summed E-state index contributed by atoms with van der Waals surface area (Å²) in [4.78, 5) is 13.0. The monoisotopic (exact) mass is 375 g/mol. The van der Waals surface area contributed by atoms with Gasteiger partial charge in [-0.1, -0.05) is 87.5 Å². The van der Waals surface area contributed by atoms with E-state index in [0.29, 0.717) is 12.3 Å². The molecule has 0 saturated carbocycles. The van der Waals surface area contributed by atoms with Crippen LogP contribution in [0.3, 0.4) is 0 Å². The zero-order chi connectivity index (χ0) is 19.9. The van der Waals surface area contributed by atoms with Crippen LogP contribution < -0.4 is 10.1 Å². The summed E-state index contributed by atoms with van der Waals surface area (Å²) in [6, 6.07) is 24.2. The Morgan fingerprint density at radius 1 is 0.929 bits per heavy atom. The van der Waals surface area contributed by atoms with Gasteiger partial charge in [-0.05, 0) is 35.8 Å². The van der Waals surface area contributed by atoms with Gasteiger partial charge in [-0.15, -0.1) is 0 Å². The molecule has 0 radical (unpaired) electrons. The Morgan fingerprint density at radius 3 is 2.32 bits per heavy atom. The van der Waals surface area contributed by atoms with Crippen molar-refractivity contribution >= 4 is 16.7 Å². The second-order valence-electron chi connectivity index (χ2n) is 7.59. The second kappa shape index (κ2) is 9.41. The fourth-order valence-corrected chi connectivity index (χ4v) is 3.47. The molecule has 0 heterocycles. The molecule has 3 nitrogen and oxygen atoms in total. The number of rotatable bonds is 8. The number of carbonyl (C=O) groups excluding carboxylic acids is 1. The molecule has 3 aromatic rings. The summed E-state index contributed by atoms with van der Waals surface area (Å²) in [5.74, 6) is 1.16. The van der Waals surface area contributed by atoms with Crippen LogP contribution in [-0.4, -0.2) is 12.0 Å². The van der Waals surface area contributed by atoms with Gasteiger partial charge in [-0.3, -0.25) is 4.79 Å². The van der Waals surface area contributed by atoms with Gasteiger partial charge in [0, 0.05) is 5.39 Å². The molecule has 3 heteroatoms. The SMILES string of the molecule is CC[C@@H](Oc1cccc2ccccc12)C(=O)N[C@@H](CC(C)C)c1ccccc1. The Labute approximate surface area is 167 Å². The molecule has 0 spiro atoms. The molecule has 0 aromatic heterocycles. The van der Waals surface area contributed by atoms with Crippen LogP contribution in [0.2, 0.25) is 0 Å². The molecule has 0 bridgehead atoms. The highest BCUT2D eigenvalue weighted by atomic mass is 16.5. The third-order valence-electron chi connectivity index (χ3n) is 4.91. The highest BCUT2D eigenvalue weighted by Crippen LogP contribution is 2.27. The number of fused-ring (bicyclic) bond motifs is 1. The van der Waals surface area contributed by atoms with Crippen molar-refractivity contribution < 1.29 is 9.53 Å². The maximum absolute atomic E-state index is 13.0. The number of ether oxygens (including phenoxy) is 1. The molecule has 0 saturated heterocycles. The third-order valence-corrected chi connectivity index (χ3v) is 4.91. The Hall–Kier alpha value is -2.81.